The summed E-state index contributed by atoms with van der Waals surface area (Å²) in [6.07, 6.45) is 0. The lowest BCUT2D eigenvalue weighted by molar-refractivity contribution is 0.480. The molecule has 0 aromatic heterocycles. The number of ether oxygens (including phenoxy) is 1. The van der Waals surface area contributed by atoms with E-state index in [2.05, 4.69) is 15.9 Å². The van der Waals surface area contributed by atoms with Crippen LogP contribution in [-0.4, -0.2) is 5.84 Å². The van der Waals surface area contributed by atoms with Gasteiger partial charge in [0, 0.05) is 5.56 Å². The second-order valence-corrected chi connectivity index (χ2v) is 5.35. The van der Waals surface area contributed by atoms with Gasteiger partial charge in [-0.05, 0) is 46.3 Å². The third-order valence-electron chi connectivity index (χ3n) is 2.38. The average Bonchev–Trinajstić information content (AvgIpc) is 2.37. The molecule has 2 aromatic carbocycles. The van der Waals surface area contributed by atoms with Crippen LogP contribution in [-0.2, 0) is 0 Å². The Hall–Kier alpha value is -1.23. The van der Waals surface area contributed by atoms with Crippen molar-refractivity contribution in [2.75, 3.05) is 0 Å². The van der Waals surface area contributed by atoms with E-state index < -0.39 is 0 Å². The zero-order valence-corrected chi connectivity index (χ0v) is 12.7. The Morgan fingerprint density at radius 3 is 2.53 bits per heavy atom. The van der Waals surface area contributed by atoms with Crippen LogP contribution in [0.3, 0.4) is 0 Å². The normalized spacial score (nSPS) is 10.3. The Bertz CT molecular complexity index is 647. The van der Waals surface area contributed by atoms with Gasteiger partial charge in [0.2, 0.25) is 0 Å². The van der Waals surface area contributed by atoms with Gasteiger partial charge in [0.05, 0.1) is 9.50 Å². The molecule has 0 spiro atoms. The third kappa shape index (κ3) is 3.21. The quantitative estimate of drug-likeness (QED) is 0.608. The smallest absolute Gasteiger partial charge is 0.147 e. The van der Waals surface area contributed by atoms with Gasteiger partial charge in [-0.2, -0.15) is 0 Å². The lowest BCUT2D eigenvalue weighted by atomic mass is 10.2. The van der Waals surface area contributed by atoms with E-state index in [1.807, 2.05) is 0 Å². The van der Waals surface area contributed by atoms with Crippen LogP contribution in [0.15, 0.2) is 40.9 Å². The van der Waals surface area contributed by atoms with Crippen LogP contribution < -0.4 is 10.5 Å². The van der Waals surface area contributed by atoms with E-state index in [1.165, 1.54) is 0 Å². The van der Waals surface area contributed by atoms with Crippen molar-refractivity contribution in [3.63, 3.8) is 0 Å². The lowest BCUT2D eigenvalue weighted by Gasteiger charge is -2.11. The van der Waals surface area contributed by atoms with Crippen molar-refractivity contribution >= 4 is 45.0 Å². The topological polar surface area (TPSA) is 59.1 Å². The van der Waals surface area contributed by atoms with Crippen LogP contribution >= 0.6 is 39.1 Å². The van der Waals surface area contributed by atoms with Gasteiger partial charge in [-0.15, -0.1) is 0 Å². The number of rotatable bonds is 3. The largest absolute Gasteiger partial charge is 0.455 e. The predicted molar refractivity (Wildman–Crippen MR) is 81.7 cm³/mol. The highest BCUT2D eigenvalue weighted by atomic mass is 79.9. The number of amidine groups is 1. The first-order chi connectivity index (χ1) is 8.99. The molecule has 0 amide bonds. The van der Waals surface area contributed by atoms with E-state index in [0.29, 0.717) is 31.6 Å². The summed E-state index contributed by atoms with van der Waals surface area (Å²) in [5.41, 5.74) is 6.02. The summed E-state index contributed by atoms with van der Waals surface area (Å²) in [6, 6.07) is 10.3. The minimum absolute atomic E-state index is 0.00645. The molecule has 0 atom stereocenters. The van der Waals surface area contributed by atoms with Crippen LogP contribution in [0.1, 0.15) is 5.56 Å². The zero-order chi connectivity index (χ0) is 14.0. The Labute approximate surface area is 128 Å². The monoisotopic (exact) mass is 358 g/mol. The van der Waals surface area contributed by atoms with E-state index in [4.69, 9.17) is 39.1 Å². The third-order valence-corrected chi connectivity index (χ3v) is 3.80. The number of halogens is 3. The van der Waals surface area contributed by atoms with Crippen molar-refractivity contribution in [1.29, 1.82) is 5.41 Å². The maximum Gasteiger partial charge on any atom is 0.147 e. The van der Waals surface area contributed by atoms with Crippen LogP contribution in [0.4, 0.5) is 0 Å². The summed E-state index contributed by atoms with van der Waals surface area (Å²) >= 11 is 15.3. The maximum absolute atomic E-state index is 7.36. The average molecular weight is 360 g/mol. The van der Waals surface area contributed by atoms with Crippen molar-refractivity contribution in [3.05, 3.63) is 56.5 Å². The molecule has 0 aliphatic heterocycles. The zero-order valence-electron chi connectivity index (χ0n) is 9.58. The molecule has 0 aliphatic rings. The fraction of sp³-hybridized carbons (Fsp3) is 0. The molecular weight excluding hydrogens is 351 g/mol. The molecule has 2 aromatic rings. The van der Waals surface area contributed by atoms with Crippen molar-refractivity contribution in [2.24, 2.45) is 5.73 Å². The molecule has 0 aliphatic carbocycles. The van der Waals surface area contributed by atoms with E-state index >= 15 is 0 Å². The van der Waals surface area contributed by atoms with Gasteiger partial charge in [-0.1, -0.05) is 29.3 Å². The summed E-state index contributed by atoms with van der Waals surface area (Å²) in [7, 11) is 0. The molecule has 6 heteroatoms. The molecule has 3 nitrogen and oxygen atoms in total. The van der Waals surface area contributed by atoms with Crippen molar-refractivity contribution in [1.82, 2.24) is 0 Å². The number of hydrogen-bond acceptors (Lipinski definition) is 2. The highest BCUT2D eigenvalue weighted by Crippen LogP contribution is 2.37. The molecule has 0 radical (unpaired) electrons. The summed E-state index contributed by atoms with van der Waals surface area (Å²) in [4.78, 5) is 0. The molecule has 0 bridgehead atoms. The molecule has 0 saturated carbocycles. The van der Waals surface area contributed by atoms with Gasteiger partial charge in [0.1, 0.15) is 22.4 Å². The molecule has 3 N–H and O–H groups in total. The van der Waals surface area contributed by atoms with Gasteiger partial charge in [-0.3, -0.25) is 5.41 Å². The number of hydrogen-bond donors (Lipinski definition) is 2. The van der Waals surface area contributed by atoms with Gasteiger partial charge in [-0.25, -0.2) is 0 Å². The van der Waals surface area contributed by atoms with E-state index in [9.17, 15) is 0 Å². The summed E-state index contributed by atoms with van der Waals surface area (Å²) in [5, 5.41) is 8.14. The molecule has 98 valence electrons. The summed E-state index contributed by atoms with van der Waals surface area (Å²) in [5.74, 6) is 1.02. The molecule has 0 saturated heterocycles. The predicted octanol–water partition coefficient (Wildman–Crippen LogP) is 4.83. The molecule has 0 unspecified atom stereocenters. The molecule has 2 rings (SSSR count). The number of nitrogen functional groups attached to an aromatic ring is 1. The van der Waals surface area contributed by atoms with E-state index in [-0.39, 0.29) is 5.84 Å². The van der Waals surface area contributed by atoms with Crippen LogP contribution in [0.25, 0.3) is 0 Å². The van der Waals surface area contributed by atoms with E-state index in [0.717, 1.165) is 0 Å². The summed E-state index contributed by atoms with van der Waals surface area (Å²) < 4.78 is 6.36. The highest BCUT2D eigenvalue weighted by Gasteiger charge is 2.10. The Morgan fingerprint density at radius 1 is 1.16 bits per heavy atom. The van der Waals surface area contributed by atoms with Gasteiger partial charge in [0.15, 0.2) is 0 Å². The fourth-order valence-corrected chi connectivity index (χ4v) is 2.22. The first kappa shape index (κ1) is 14.2. The van der Waals surface area contributed by atoms with Crippen molar-refractivity contribution in [2.45, 2.75) is 0 Å². The minimum atomic E-state index is -0.00645. The second kappa shape index (κ2) is 5.82. The second-order valence-electron chi connectivity index (χ2n) is 3.71. The Balaban J connectivity index is 2.34. The number of benzene rings is 2. The van der Waals surface area contributed by atoms with Crippen LogP contribution in [0.5, 0.6) is 11.5 Å². The first-order valence-electron chi connectivity index (χ1n) is 5.25. The SMILES string of the molecule is N=C(N)c1ccc(Oc2cccc(Cl)c2Cl)c(Br)c1. The Morgan fingerprint density at radius 2 is 1.89 bits per heavy atom. The molecule has 19 heavy (non-hydrogen) atoms. The van der Waals surface area contributed by atoms with Gasteiger partial charge >= 0.3 is 0 Å². The maximum atomic E-state index is 7.36. The number of nitrogens with one attached hydrogen (secondary N) is 1. The molecule has 0 heterocycles. The lowest BCUT2D eigenvalue weighted by Crippen LogP contribution is -2.10. The number of nitrogens with two attached hydrogens (primary N) is 1. The highest BCUT2D eigenvalue weighted by molar-refractivity contribution is 9.10. The van der Waals surface area contributed by atoms with Crippen LogP contribution in [0.2, 0.25) is 10.0 Å². The van der Waals surface area contributed by atoms with Crippen molar-refractivity contribution < 1.29 is 4.74 Å². The first-order valence-corrected chi connectivity index (χ1v) is 6.79. The Kier molecular flexibility index (Phi) is 4.34. The fourth-order valence-electron chi connectivity index (χ4n) is 1.43. The summed E-state index contributed by atoms with van der Waals surface area (Å²) in [6.45, 7) is 0. The van der Waals surface area contributed by atoms with E-state index in [1.54, 1.807) is 36.4 Å². The molecular formula is C13H9BrCl2N2O. The van der Waals surface area contributed by atoms with Crippen molar-refractivity contribution in [3.8, 4) is 11.5 Å². The van der Waals surface area contributed by atoms with Crippen LogP contribution in [0, 0.1) is 5.41 Å². The molecule has 0 fully saturated rings. The minimum Gasteiger partial charge on any atom is -0.455 e. The standard InChI is InChI=1S/C13H9BrCl2N2O/c14-8-6-7(13(17)18)4-5-10(8)19-11-3-1-2-9(15)12(11)16/h1-6H,(H3,17,18). The van der Waals surface area contributed by atoms with Gasteiger partial charge < -0.3 is 10.5 Å². The van der Waals surface area contributed by atoms with Gasteiger partial charge in [0.25, 0.3) is 0 Å².